The van der Waals surface area contributed by atoms with Crippen LogP contribution in [0.1, 0.15) is 5.56 Å². The predicted octanol–water partition coefficient (Wildman–Crippen LogP) is 2.46. The highest BCUT2D eigenvalue weighted by Crippen LogP contribution is 2.26. The molecule has 1 amide bonds. The molecule has 1 aliphatic heterocycles. The van der Waals surface area contributed by atoms with Gasteiger partial charge >= 0.3 is 0 Å². The topological polar surface area (TPSA) is 76.9 Å². The second-order valence-corrected chi connectivity index (χ2v) is 7.03. The fourth-order valence-corrected chi connectivity index (χ4v) is 3.90. The summed E-state index contributed by atoms with van der Waals surface area (Å²) in [5.41, 5.74) is 2.13. The Bertz CT molecular complexity index is 1030. The molecule has 4 rings (SSSR count). The maximum atomic E-state index is 12.6. The van der Waals surface area contributed by atoms with Gasteiger partial charge in [-0.15, -0.1) is 0 Å². The largest absolute Gasteiger partial charge is 0.326 e. The van der Waals surface area contributed by atoms with Crippen LogP contribution in [0.2, 0.25) is 0 Å². The fourth-order valence-electron chi connectivity index (χ4n) is 2.86. The summed E-state index contributed by atoms with van der Waals surface area (Å²) in [6.45, 7) is 2.09. The quantitative estimate of drug-likeness (QED) is 0.717. The number of hydrogen-bond donors (Lipinski definition) is 1. The monoisotopic (exact) mass is 352 g/mol. The first-order valence-electron chi connectivity index (χ1n) is 7.97. The van der Waals surface area contributed by atoms with Gasteiger partial charge in [0.15, 0.2) is 5.16 Å². The van der Waals surface area contributed by atoms with Crippen molar-refractivity contribution in [3.05, 3.63) is 58.6 Å². The van der Waals surface area contributed by atoms with Gasteiger partial charge in [-0.1, -0.05) is 17.8 Å². The van der Waals surface area contributed by atoms with Gasteiger partial charge in [-0.25, -0.2) is 4.98 Å². The molecule has 0 saturated heterocycles. The zero-order valence-electron chi connectivity index (χ0n) is 13.6. The molecule has 126 valence electrons. The highest BCUT2D eigenvalue weighted by atomic mass is 32.2. The molecule has 1 atom stereocenters. The third-order valence-corrected chi connectivity index (χ3v) is 5.39. The minimum absolute atomic E-state index is 0.0771. The fraction of sp³-hybridized carbons (Fsp3) is 0.222. The molecule has 0 saturated carbocycles. The van der Waals surface area contributed by atoms with Crippen LogP contribution in [0.25, 0.3) is 10.9 Å². The van der Waals surface area contributed by atoms with Crippen molar-refractivity contribution < 1.29 is 4.79 Å². The van der Waals surface area contributed by atoms with E-state index in [-0.39, 0.29) is 17.4 Å². The van der Waals surface area contributed by atoms with E-state index >= 15 is 0 Å². The smallest absolute Gasteiger partial charge is 0.257 e. The first-order valence-corrected chi connectivity index (χ1v) is 8.95. The first-order chi connectivity index (χ1) is 12.1. The second-order valence-electron chi connectivity index (χ2n) is 6.05. The molecular formula is C18H16N4O2S. The highest BCUT2D eigenvalue weighted by Gasteiger charge is 2.27. The zero-order valence-corrected chi connectivity index (χ0v) is 14.4. The summed E-state index contributed by atoms with van der Waals surface area (Å²) < 4.78 is 1.60. The lowest BCUT2D eigenvalue weighted by atomic mass is 10.1. The Morgan fingerprint density at radius 1 is 1.32 bits per heavy atom. The molecule has 7 heteroatoms. The van der Waals surface area contributed by atoms with E-state index in [1.54, 1.807) is 23.9 Å². The van der Waals surface area contributed by atoms with E-state index in [9.17, 15) is 9.59 Å². The number of carbonyl (C=O) groups is 1. The number of aryl methyl sites for hydroxylation is 1. The summed E-state index contributed by atoms with van der Waals surface area (Å²) in [6, 6.07) is 9.45. The SMILES string of the molecule is Cc1cnc2n(c1=O)CC(C(=O)Nc1ccc3ncccc3c1)CS2. The number of amides is 1. The Hall–Kier alpha value is -2.67. The van der Waals surface area contributed by atoms with Gasteiger partial charge in [0.1, 0.15) is 0 Å². The van der Waals surface area contributed by atoms with Crippen LogP contribution in [0.3, 0.4) is 0 Å². The molecular weight excluding hydrogens is 336 g/mol. The average Bonchev–Trinajstić information content (AvgIpc) is 2.64. The molecule has 0 fully saturated rings. The van der Waals surface area contributed by atoms with Crippen LogP contribution >= 0.6 is 11.8 Å². The van der Waals surface area contributed by atoms with Gasteiger partial charge in [-0.05, 0) is 31.2 Å². The van der Waals surface area contributed by atoms with Crippen LogP contribution < -0.4 is 10.9 Å². The molecule has 25 heavy (non-hydrogen) atoms. The van der Waals surface area contributed by atoms with Crippen molar-refractivity contribution in [2.45, 2.75) is 18.6 Å². The van der Waals surface area contributed by atoms with Crippen LogP contribution in [0, 0.1) is 12.8 Å². The molecule has 3 aromatic rings. The number of carbonyl (C=O) groups excluding carboxylic acids is 1. The van der Waals surface area contributed by atoms with E-state index in [0.717, 1.165) is 16.6 Å². The Labute approximate surface area is 148 Å². The Morgan fingerprint density at radius 2 is 2.20 bits per heavy atom. The van der Waals surface area contributed by atoms with E-state index in [2.05, 4.69) is 15.3 Å². The number of anilines is 1. The van der Waals surface area contributed by atoms with Gasteiger partial charge in [-0.2, -0.15) is 0 Å². The van der Waals surface area contributed by atoms with Crippen LogP contribution in [0.15, 0.2) is 52.7 Å². The minimum Gasteiger partial charge on any atom is -0.326 e. The number of benzene rings is 1. The molecule has 1 aromatic carbocycles. The zero-order chi connectivity index (χ0) is 17.4. The molecule has 1 N–H and O–H groups in total. The lowest BCUT2D eigenvalue weighted by molar-refractivity contribution is -0.119. The van der Waals surface area contributed by atoms with Crippen LogP contribution in [-0.2, 0) is 11.3 Å². The van der Waals surface area contributed by atoms with Crippen molar-refractivity contribution in [3.8, 4) is 0 Å². The van der Waals surface area contributed by atoms with Crippen molar-refractivity contribution in [3.63, 3.8) is 0 Å². The van der Waals surface area contributed by atoms with Gasteiger partial charge in [0.25, 0.3) is 5.56 Å². The highest BCUT2D eigenvalue weighted by molar-refractivity contribution is 7.99. The average molecular weight is 352 g/mol. The summed E-state index contributed by atoms with van der Waals surface area (Å²) in [5.74, 6) is 0.245. The van der Waals surface area contributed by atoms with Crippen molar-refractivity contribution >= 4 is 34.3 Å². The standard InChI is InChI=1S/C18H16N4O2S/c1-11-8-20-18-22(17(11)24)9-13(10-25-18)16(23)21-14-4-5-15-12(7-14)3-2-6-19-15/h2-8,13H,9-10H2,1H3,(H,21,23). The number of thioether (sulfide) groups is 1. The van der Waals surface area contributed by atoms with Crippen molar-refractivity contribution in [1.29, 1.82) is 0 Å². The van der Waals surface area contributed by atoms with Crippen molar-refractivity contribution in [2.24, 2.45) is 5.92 Å². The number of aromatic nitrogens is 3. The number of fused-ring (bicyclic) bond motifs is 2. The maximum absolute atomic E-state index is 12.6. The maximum Gasteiger partial charge on any atom is 0.257 e. The Balaban J connectivity index is 1.55. The molecule has 0 spiro atoms. The lowest BCUT2D eigenvalue weighted by Crippen LogP contribution is -2.37. The third kappa shape index (κ3) is 3.02. The Kier molecular flexibility index (Phi) is 4.01. The van der Waals surface area contributed by atoms with Crippen LogP contribution in [-0.4, -0.2) is 26.2 Å². The van der Waals surface area contributed by atoms with Crippen molar-refractivity contribution in [2.75, 3.05) is 11.1 Å². The number of rotatable bonds is 2. The summed E-state index contributed by atoms with van der Waals surface area (Å²) in [4.78, 5) is 33.4. The summed E-state index contributed by atoms with van der Waals surface area (Å²) in [7, 11) is 0. The third-order valence-electron chi connectivity index (χ3n) is 4.24. The predicted molar refractivity (Wildman–Crippen MR) is 97.8 cm³/mol. The minimum atomic E-state index is -0.275. The molecule has 3 heterocycles. The van der Waals surface area contributed by atoms with E-state index in [1.165, 1.54) is 11.8 Å². The number of pyridine rings is 1. The van der Waals surface area contributed by atoms with Gasteiger partial charge in [0, 0.05) is 41.3 Å². The number of nitrogens with zero attached hydrogens (tertiary/aromatic N) is 3. The summed E-state index contributed by atoms with van der Waals surface area (Å²) >= 11 is 1.44. The molecule has 2 aromatic heterocycles. The molecule has 0 bridgehead atoms. The van der Waals surface area contributed by atoms with E-state index in [1.807, 2.05) is 30.3 Å². The van der Waals surface area contributed by atoms with E-state index in [4.69, 9.17) is 0 Å². The Morgan fingerprint density at radius 3 is 3.08 bits per heavy atom. The lowest BCUT2D eigenvalue weighted by Gasteiger charge is -2.24. The molecule has 6 nitrogen and oxygen atoms in total. The van der Waals surface area contributed by atoms with Gasteiger partial charge in [-0.3, -0.25) is 19.1 Å². The number of hydrogen-bond acceptors (Lipinski definition) is 5. The number of nitrogens with one attached hydrogen (secondary N) is 1. The van der Waals surface area contributed by atoms with Crippen LogP contribution in [0.5, 0.6) is 0 Å². The van der Waals surface area contributed by atoms with Gasteiger partial charge in [0.05, 0.1) is 11.4 Å². The van der Waals surface area contributed by atoms with Crippen molar-refractivity contribution in [1.82, 2.24) is 14.5 Å². The molecule has 1 unspecified atom stereocenters. The first kappa shape index (κ1) is 15.8. The molecule has 0 radical (unpaired) electrons. The molecule has 1 aliphatic rings. The van der Waals surface area contributed by atoms with Gasteiger partial charge in [0.2, 0.25) is 5.91 Å². The van der Waals surface area contributed by atoms with Gasteiger partial charge < -0.3 is 5.32 Å². The summed E-state index contributed by atoms with van der Waals surface area (Å²) in [5, 5.41) is 4.60. The van der Waals surface area contributed by atoms with Crippen LogP contribution in [0.4, 0.5) is 5.69 Å². The summed E-state index contributed by atoms with van der Waals surface area (Å²) in [6.07, 6.45) is 3.33. The second kappa shape index (κ2) is 6.33. The normalized spacial score (nSPS) is 16.4. The van der Waals surface area contributed by atoms with E-state index in [0.29, 0.717) is 23.0 Å². The van der Waals surface area contributed by atoms with E-state index < -0.39 is 0 Å². The molecule has 0 aliphatic carbocycles.